The van der Waals surface area contributed by atoms with E-state index in [2.05, 4.69) is 32.9 Å². The Morgan fingerprint density at radius 1 is 0.903 bits per heavy atom. The SMILES string of the molecule is CCOc1cc(/C=C2\Sc3ccccc3C2=O)ccc1OCc1c(C)cc(C)cc1C. The molecule has 0 atom stereocenters. The van der Waals surface area contributed by atoms with Crippen molar-refractivity contribution in [3.05, 3.63) is 92.9 Å². The van der Waals surface area contributed by atoms with Gasteiger partial charge in [0, 0.05) is 10.5 Å². The van der Waals surface area contributed by atoms with Crippen molar-refractivity contribution < 1.29 is 14.3 Å². The molecule has 1 aliphatic heterocycles. The number of thioether (sulfide) groups is 1. The van der Waals surface area contributed by atoms with Gasteiger partial charge < -0.3 is 9.47 Å². The quantitative estimate of drug-likeness (QED) is 0.398. The van der Waals surface area contributed by atoms with Crippen LogP contribution in [0.4, 0.5) is 0 Å². The number of benzene rings is 3. The smallest absolute Gasteiger partial charge is 0.200 e. The molecule has 3 nitrogen and oxygen atoms in total. The number of rotatable bonds is 6. The number of fused-ring (bicyclic) bond motifs is 1. The summed E-state index contributed by atoms with van der Waals surface area (Å²) in [7, 11) is 0. The summed E-state index contributed by atoms with van der Waals surface area (Å²) in [4.78, 5) is 14.4. The Morgan fingerprint density at radius 3 is 2.35 bits per heavy atom. The number of carbonyl (C=O) groups excluding carboxylic acids is 1. The van der Waals surface area contributed by atoms with Crippen molar-refractivity contribution >= 4 is 23.6 Å². The molecule has 3 aromatic rings. The van der Waals surface area contributed by atoms with E-state index in [1.54, 1.807) is 0 Å². The van der Waals surface area contributed by atoms with Crippen molar-refractivity contribution in [2.24, 2.45) is 0 Å². The van der Waals surface area contributed by atoms with Gasteiger partial charge in [-0.3, -0.25) is 4.79 Å². The van der Waals surface area contributed by atoms with Crippen molar-refractivity contribution in [2.45, 2.75) is 39.2 Å². The molecule has 0 spiro atoms. The third-order valence-corrected chi connectivity index (χ3v) is 6.45. The number of hydrogen-bond donors (Lipinski definition) is 0. The molecule has 0 saturated heterocycles. The average molecular weight is 431 g/mol. The van der Waals surface area contributed by atoms with Crippen molar-refractivity contribution in [2.75, 3.05) is 6.61 Å². The first-order valence-electron chi connectivity index (χ1n) is 10.5. The Kier molecular flexibility index (Phi) is 6.19. The summed E-state index contributed by atoms with van der Waals surface area (Å²) in [6.45, 7) is 9.32. The van der Waals surface area contributed by atoms with Crippen LogP contribution in [0.5, 0.6) is 11.5 Å². The van der Waals surface area contributed by atoms with Crippen molar-refractivity contribution in [3.8, 4) is 11.5 Å². The second-order valence-corrected chi connectivity index (χ2v) is 8.82. The number of hydrogen-bond acceptors (Lipinski definition) is 4. The predicted octanol–water partition coefficient (Wildman–Crippen LogP) is 6.92. The van der Waals surface area contributed by atoms with E-state index in [0.717, 1.165) is 20.9 Å². The molecule has 0 unspecified atom stereocenters. The molecule has 0 bridgehead atoms. The summed E-state index contributed by atoms with van der Waals surface area (Å²) in [5, 5.41) is 0. The van der Waals surface area contributed by atoms with E-state index >= 15 is 0 Å². The molecule has 0 aliphatic carbocycles. The van der Waals surface area contributed by atoms with Crippen LogP contribution in [0, 0.1) is 20.8 Å². The fourth-order valence-electron chi connectivity index (χ4n) is 3.88. The zero-order valence-corrected chi connectivity index (χ0v) is 19.1. The van der Waals surface area contributed by atoms with E-state index in [1.807, 2.05) is 55.5 Å². The van der Waals surface area contributed by atoms with Crippen LogP contribution in [0.3, 0.4) is 0 Å². The lowest BCUT2D eigenvalue weighted by molar-refractivity contribution is 0.104. The van der Waals surface area contributed by atoms with Gasteiger partial charge in [0.05, 0.1) is 11.5 Å². The molecule has 0 radical (unpaired) electrons. The average Bonchev–Trinajstić information content (AvgIpc) is 3.04. The first-order valence-corrected chi connectivity index (χ1v) is 11.3. The molecular weight excluding hydrogens is 404 g/mol. The van der Waals surface area contributed by atoms with E-state index in [0.29, 0.717) is 24.7 Å². The Labute approximate surface area is 188 Å². The van der Waals surface area contributed by atoms with E-state index < -0.39 is 0 Å². The van der Waals surface area contributed by atoms with Crippen LogP contribution in [0.1, 0.15) is 45.1 Å². The lowest BCUT2D eigenvalue weighted by atomic mass is 10.0. The Bertz CT molecular complexity index is 1150. The van der Waals surface area contributed by atoms with Gasteiger partial charge in [-0.25, -0.2) is 0 Å². The maximum absolute atomic E-state index is 12.7. The fourth-order valence-corrected chi connectivity index (χ4v) is 4.93. The number of allylic oxidation sites excluding steroid dienone is 1. The number of carbonyl (C=O) groups is 1. The van der Waals surface area contributed by atoms with Crippen LogP contribution in [0.25, 0.3) is 6.08 Å². The molecule has 0 N–H and O–H groups in total. The highest BCUT2D eigenvalue weighted by Gasteiger charge is 2.25. The predicted molar refractivity (Wildman–Crippen MR) is 127 cm³/mol. The van der Waals surface area contributed by atoms with Crippen LogP contribution < -0.4 is 9.47 Å². The summed E-state index contributed by atoms with van der Waals surface area (Å²) >= 11 is 1.51. The van der Waals surface area contributed by atoms with Gasteiger partial charge in [0.2, 0.25) is 5.78 Å². The van der Waals surface area contributed by atoms with Gasteiger partial charge in [0.25, 0.3) is 0 Å². The fraction of sp³-hybridized carbons (Fsp3) is 0.222. The summed E-state index contributed by atoms with van der Waals surface area (Å²) in [6, 6.07) is 17.9. The first kappa shape index (κ1) is 21.3. The third kappa shape index (κ3) is 4.54. The monoisotopic (exact) mass is 430 g/mol. The molecule has 4 rings (SSSR count). The Balaban J connectivity index is 1.57. The van der Waals surface area contributed by atoms with E-state index in [4.69, 9.17) is 9.47 Å². The van der Waals surface area contributed by atoms with Crippen molar-refractivity contribution in [1.29, 1.82) is 0 Å². The molecular formula is C27H26O3S. The number of aryl methyl sites for hydroxylation is 3. The van der Waals surface area contributed by atoms with Gasteiger partial charge in [-0.2, -0.15) is 0 Å². The minimum absolute atomic E-state index is 0.0733. The second-order valence-electron chi connectivity index (χ2n) is 7.74. The minimum Gasteiger partial charge on any atom is -0.490 e. The van der Waals surface area contributed by atoms with Crippen LogP contribution >= 0.6 is 11.8 Å². The first-order chi connectivity index (χ1) is 15.0. The molecule has 31 heavy (non-hydrogen) atoms. The van der Waals surface area contributed by atoms with Gasteiger partial charge in [0.1, 0.15) is 6.61 Å². The largest absolute Gasteiger partial charge is 0.490 e. The zero-order chi connectivity index (χ0) is 22.0. The Hall–Kier alpha value is -2.98. The van der Waals surface area contributed by atoms with Crippen LogP contribution in [-0.2, 0) is 6.61 Å². The molecule has 1 aliphatic rings. The van der Waals surface area contributed by atoms with E-state index in [-0.39, 0.29) is 5.78 Å². The van der Waals surface area contributed by atoms with Crippen molar-refractivity contribution in [3.63, 3.8) is 0 Å². The lowest BCUT2D eigenvalue weighted by Crippen LogP contribution is -2.03. The highest BCUT2D eigenvalue weighted by molar-refractivity contribution is 8.04. The number of ether oxygens (including phenoxy) is 2. The van der Waals surface area contributed by atoms with Crippen LogP contribution in [-0.4, -0.2) is 12.4 Å². The van der Waals surface area contributed by atoms with Gasteiger partial charge in [-0.1, -0.05) is 47.7 Å². The molecule has 3 aromatic carbocycles. The second kappa shape index (κ2) is 9.03. The normalized spacial score (nSPS) is 14.1. The molecule has 0 amide bonds. The van der Waals surface area contributed by atoms with Gasteiger partial charge in [-0.15, -0.1) is 0 Å². The highest BCUT2D eigenvalue weighted by Crippen LogP contribution is 2.41. The summed E-state index contributed by atoms with van der Waals surface area (Å²) in [5.74, 6) is 1.47. The van der Waals surface area contributed by atoms with Crippen LogP contribution in [0.15, 0.2) is 64.4 Å². The molecule has 0 fully saturated rings. The summed E-state index contributed by atoms with van der Waals surface area (Å²) < 4.78 is 12.0. The molecule has 158 valence electrons. The van der Waals surface area contributed by atoms with Gasteiger partial charge in [0.15, 0.2) is 11.5 Å². The third-order valence-electron chi connectivity index (χ3n) is 5.35. The highest BCUT2D eigenvalue weighted by atomic mass is 32.2. The molecule has 4 heteroatoms. The summed E-state index contributed by atoms with van der Waals surface area (Å²) in [5.41, 5.74) is 6.61. The van der Waals surface area contributed by atoms with E-state index in [9.17, 15) is 4.79 Å². The van der Waals surface area contributed by atoms with Crippen LogP contribution in [0.2, 0.25) is 0 Å². The maximum Gasteiger partial charge on any atom is 0.200 e. The van der Waals surface area contributed by atoms with Crippen molar-refractivity contribution in [1.82, 2.24) is 0 Å². The molecule has 1 heterocycles. The maximum atomic E-state index is 12.7. The molecule has 0 aromatic heterocycles. The summed E-state index contributed by atoms with van der Waals surface area (Å²) in [6.07, 6.45) is 1.92. The zero-order valence-electron chi connectivity index (χ0n) is 18.3. The number of ketones is 1. The number of Topliss-reactive ketones (excluding diaryl/α,β-unsaturated/α-hetero) is 1. The minimum atomic E-state index is 0.0733. The van der Waals surface area contributed by atoms with E-state index in [1.165, 1.54) is 34.0 Å². The van der Waals surface area contributed by atoms with Gasteiger partial charge in [-0.05, 0) is 80.3 Å². The lowest BCUT2D eigenvalue weighted by Gasteiger charge is -2.16. The Morgan fingerprint density at radius 2 is 1.65 bits per heavy atom. The van der Waals surface area contributed by atoms with Gasteiger partial charge >= 0.3 is 0 Å². The topological polar surface area (TPSA) is 35.5 Å². The molecule has 0 saturated carbocycles. The standard InChI is InChI=1S/C27H26O3S/c1-5-29-24-14-20(15-26-27(28)21-8-6-7-9-25(21)31-26)10-11-23(24)30-16-22-18(3)12-17(2)13-19(22)4/h6-15H,5,16H2,1-4H3/b26-15-.